The molecule has 1 N–H and O–H groups in total. The van der Waals surface area contributed by atoms with Gasteiger partial charge in [-0.2, -0.15) is 0 Å². The molecule has 3 rings (SSSR count). The Morgan fingerprint density at radius 2 is 1.88 bits per heavy atom. The number of carbonyl (C=O) groups excluding carboxylic acids is 1. The number of amides is 1. The SMILES string of the molecule is C=CCn1c(SCC(=O)Nc2ccc(CC)cc2)nnc1-c1ccc(OCCCC)cc1. The molecule has 0 fully saturated rings. The minimum atomic E-state index is -0.0810. The summed E-state index contributed by atoms with van der Waals surface area (Å²) in [4.78, 5) is 12.4. The molecule has 2 aromatic carbocycles. The first-order valence-electron chi connectivity index (χ1n) is 10.9. The largest absolute Gasteiger partial charge is 0.494 e. The molecule has 0 saturated heterocycles. The summed E-state index contributed by atoms with van der Waals surface area (Å²) in [5.74, 6) is 1.75. The van der Waals surface area contributed by atoms with Crippen molar-refractivity contribution in [3.05, 3.63) is 66.7 Å². The van der Waals surface area contributed by atoms with Crippen molar-refractivity contribution < 1.29 is 9.53 Å². The average Bonchev–Trinajstić information content (AvgIpc) is 3.21. The molecule has 0 radical (unpaired) electrons. The Balaban J connectivity index is 1.64. The van der Waals surface area contributed by atoms with Gasteiger partial charge in [0.25, 0.3) is 0 Å². The van der Waals surface area contributed by atoms with Crippen molar-refractivity contribution in [1.29, 1.82) is 0 Å². The smallest absolute Gasteiger partial charge is 0.234 e. The topological polar surface area (TPSA) is 69.0 Å². The van der Waals surface area contributed by atoms with Crippen LogP contribution in [0.15, 0.2) is 66.3 Å². The quantitative estimate of drug-likeness (QED) is 0.221. The molecule has 0 spiro atoms. The van der Waals surface area contributed by atoms with Crippen molar-refractivity contribution in [2.75, 3.05) is 17.7 Å². The number of allylic oxidation sites excluding steroid dienone is 1. The number of unbranched alkanes of at least 4 members (excludes halogenated alkanes) is 1. The zero-order valence-electron chi connectivity index (χ0n) is 18.7. The molecule has 0 atom stereocenters. The van der Waals surface area contributed by atoms with Crippen molar-refractivity contribution in [3.63, 3.8) is 0 Å². The molecule has 0 aliphatic carbocycles. The summed E-state index contributed by atoms with van der Waals surface area (Å²) in [6.45, 7) is 9.36. The van der Waals surface area contributed by atoms with Gasteiger partial charge in [-0.25, -0.2) is 0 Å². The lowest BCUT2D eigenvalue weighted by Crippen LogP contribution is -2.14. The maximum atomic E-state index is 12.4. The number of hydrogen-bond acceptors (Lipinski definition) is 5. The number of ether oxygens (including phenoxy) is 1. The van der Waals surface area contributed by atoms with Crippen LogP contribution in [0.4, 0.5) is 5.69 Å². The number of anilines is 1. The third-order valence-electron chi connectivity index (χ3n) is 4.89. The van der Waals surface area contributed by atoms with Gasteiger partial charge in [0.15, 0.2) is 11.0 Å². The van der Waals surface area contributed by atoms with Crippen molar-refractivity contribution >= 4 is 23.4 Å². The zero-order valence-corrected chi connectivity index (χ0v) is 19.5. The molecule has 32 heavy (non-hydrogen) atoms. The van der Waals surface area contributed by atoms with Gasteiger partial charge in [0.1, 0.15) is 5.75 Å². The molecule has 168 valence electrons. The van der Waals surface area contributed by atoms with Gasteiger partial charge < -0.3 is 10.1 Å². The molecule has 6 nitrogen and oxygen atoms in total. The molecule has 1 heterocycles. The zero-order chi connectivity index (χ0) is 22.8. The highest BCUT2D eigenvalue weighted by molar-refractivity contribution is 7.99. The first-order chi connectivity index (χ1) is 15.6. The maximum Gasteiger partial charge on any atom is 0.234 e. The van der Waals surface area contributed by atoms with Gasteiger partial charge >= 0.3 is 0 Å². The van der Waals surface area contributed by atoms with Crippen LogP contribution >= 0.6 is 11.8 Å². The van der Waals surface area contributed by atoms with Crippen LogP contribution < -0.4 is 10.1 Å². The molecule has 7 heteroatoms. The fourth-order valence-corrected chi connectivity index (χ4v) is 3.84. The van der Waals surface area contributed by atoms with Gasteiger partial charge in [-0.15, -0.1) is 16.8 Å². The molecule has 1 amide bonds. The minimum absolute atomic E-state index is 0.0810. The molecular formula is C25H30N4O2S. The number of benzene rings is 2. The van der Waals surface area contributed by atoms with E-state index >= 15 is 0 Å². The Morgan fingerprint density at radius 3 is 2.53 bits per heavy atom. The highest BCUT2D eigenvalue weighted by atomic mass is 32.2. The van der Waals surface area contributed by atoms with Crippen LogP contribution in [-0.2, 0) is 17.8 Å². The van der Waals surface area contributed by atoms with E-state index in [2.05, 4.69) is 35.9 Å². The molecule has 1 aromatic heterocycles. The summed E-state index contributed by atoms with van der Waals surface area (Å²) in [5.41, 5.74) is 2.97. The van der Waals surface area contributed by atoms with Gasteiger partial charge in [0, 0.05) is 17.8 Å². The second-order valence-electron chi connectivity index (χ2n) is 7.32. The van der Waals surface area contributed by atoms with Crippen molar-refractivity contribution in [2.24, 2.45) is 0 Å². The van der Waals surface area contributed by atoms with E-state index in [1.807, 2.05) is 53.1 Å². The first-order valence-corrected chi connectivity index (χ1v) is 11.9. The van der Waals surface area contributed by atoms with E-state index < -0.39 is 0 Å². The molecule has 0 aliphatic heterocycles. The van der Waals surface area contributed by atoms with Crippen LogP contribution in [0.1, 0.15) is 32.3 Å². The highest BCUT2D eigenvalue weighted by Gasteiger charge is 2.15. The van der Waals surface area contributed by atoms with Crippen molar-refractivity contribution in [1.82, 2.24) is 14.8 Å². The molecule has 3 aromatic rings. The van der Waals surface area contributed by atoms with E-state index in [1.54, 1.807) is 6.08 Å². The average molecular weight is 451 g/mol. The van der Waals surface area contributed by atoms with E-state index in [0.717, 1.165) is 42.1 Å². The lowest BCUT2D eigenvalue weighted by Gasteiger charge is -2.09. The molecule has 0 aliphatic rings. The number of nitrogens with one attached hydrogen (secondary N) is 1. The van der Waals surface area contributed by atoms with Crippen LogP contribution in [0.5, 0.6) is 5.75 Å². The number of hydrogen-bond donors (Lipinski definition) is 1. The second-order valence-corrected chi connectivity index (χ2v) is 8.26. The predicted molar refractivity (Wildman–Crippen MR) is 131 cm³/mol. The van der Waals surface area contributed by atoms with Gasteiger partial charge in [-0.1, -0.05) is 50.2 Å². The Labute approximate surface area is 194 Å². The number of rotatable bonds is 12. The first kappa shape index (κ1) is 23.6. The number of carbonyl (C=O) groups is 1. The fraction of sp³-hybridized carbons (Fsp3) is 0.320. The number of aromatic nitrogens is 3. The van der Waals surface area contributed by atoms with Gasteiger partial charge in [-0.3, -0.25) is 9.36 Å². The Bertz CT molecular complexity index is 1010. The Hall–Kier alpha value is -3.06. The van der Waals surface area contributed by atoms with Crippen LogP contribution in [-0.4, -0.2) is 33.0 Å². The van der Waals surface area contributed by atoms with Crippen LogP contribution in [0.2, 0.25) is 0 Å². The summed E-state index contributed by atoms with van der Waals surface area (Å²) in [6, 6.07) is 15.7. The summed E-state index contributed by atoms with van der Waals surface area (Å²) in [6.07, 6.45) is 4.91. The standard InChI is InChI=1S/C25H30N4O2S/c1-4-7-17-31-22-14-10-20(11-15-22)24-27-28-25(29(24)16-5-2)32-18-23(30)26-21-12-8-19(6-3)9-13-21/h5,8-15H,2,4,6-7,16-18H2,1,3H3,(H,26,30). The maximum absolute atomic E-state index is 12.4. The van der Waals surface area contributed by atoms with E-state index in [-0.39, 0.29) is 11.7 Å². The van der Waals surface area contributed by atoms with Crippen molar-refractivity contribution in [3.8, 4) is 17.1 Å². The summed E-state index contributed by atoms with van der Waals surface area (Å²) < 4.78 is 7.71. The lowest BCUT2D eigenvalue weighted by atomic mass is 10.1. The van der Waals surface area contributed by atoms with E-state index in [1.165, 1.54) is 17.3 Å². The summed E-state index contributed by atoms with van der Waals surface area (Å²) >= 11 is 1.36. The monoisotopic (exact) mass is 450 g/mol. The predicted octanol–water partition coefficient (Wildman–Crippen LogP) is 5.60. The Morgan fingerprint density at radius 1 is 1.12 bits per heavy atom. The molecule has 0 unspecified atom stereocenters. The second kappa shape index (κ2) is 12.1. The van der Waals surface area contributed by atoms with E-state index in [0.29, 0.717) is 18.3 Å². The van der Waals surface area contributed by atoms with Crippen LogP contribution in [0.25, 0.3) is 11.4 Å². The number of thioether (sulfide) groups is 1. The molecule has 0 bridgehead atoms. The van der Waals surface area contributed by atoms with Gasteiger partial charge in [0.2, 0.25) is 5.91 Å². The van der Waals surface area contributed by atoms with Gasteiger partial charge in [0.05, 0.1) is 12.4 Å². The van der Waals surface area contributed by atoms with Crippen molar-refractivity contribution in [2.45, 2.75) is 44.8 Å². The van der Waals surface area contributed by atoms with E-state index in [9.17, 15) is 4.79 Å². The van der Waals surface area contributed by atoms with Crippen LogP contribution in [0.3, 0.4) is 0 Å². The number of aryl methyl sites for hydroxylation is 1. The van der Waals surface area contributed by atoms with Gasteiger partial charge in [-0.05, 0) is 54.8 Å². The third kappa shape index (κ3) is 6.47. The third-order valence-corrected chi connectivity index (χ3v) is 5.85. The fourth-order valence-electron chi connectivity index (χ4n) is 3.09. The van der Waals surface area contributed by atoms with Crippen LogP contribution in [0, 0.1) is 0 Å². The van der Waals surface area contributed by atoms with E-state index in [4.69, 9.17) is 4.74 Å². The highest BCUT2D eigenvalue weighted by Crippen LogP contribution is 2.26. The number of nitrogens with zero attached hydrogens (tertiary/aromatic N) is 3. The summed E-state index contributed by atoms with van der Waals surface area (Å²) in [7, 11) is 0. The molecule has 0 saturated carbocycles. The minimum Gasteiger partial charge on any atom is -0.494 e. The normalized spacial score (nSPS) is 10.7. The Kier molecular flexibility index (Phi) is 8.92. The summed E-state index contributed by atoms with van der Waals surface area (Å²) in [5, 5.41) is 12.3. The lowest BCUT2D eigenvalue weighted by molar-refractivity contribution is -0.113. The molecular weight excluding hydrogens is 420 g/mol.